The number of benzene rings is 1. The van der Waals surface area contributed by atoms with Crippen LogP contribution >= 0.6 is 0 Å². The van der Waals surface area contributed by atoms with E-state index in [1.807, 2.05) is 30.3 Å². The van der Waals surface area contributed by atoms with E-state index in [1.165, 1.54) is 0 Å². The van der Waals surface area contributed by atoms with Crippen LogP contribution in [-0.4, -0.2) is 30.6 Å². The van der Waals surface area contributed by atoms with Crippen LogP contribution in [0.5, 0.6) is 0 Å². The second-order valence-corrected chi connectivity index (χ2v) is 6.57. The largest absolute Gasteiger partial charge is 0.377 e. The number of hydrogen-bond donors (Lipinski definition) is 1. The molecule has 1 saturated heterocycles. The van der Waals surface area contributed by atoms with Crippen LogP contribution < -0.4 is 10.2 Å². The van der Waals surface area contributed by atoms with Crippen molar-refractivity contribution in [1.82, 2.24) is 10.3 Å². The molecule has 0 radical (unpaired) electrons. The molecule has 0 spiro atoms. The number of carbonyl (C=O) groups excluding carboxylic acids is 1. The molecule has 138 valence electrons. The summed E-state index contributed by atoms with van der Waals surface area (Å²) in [5.74, 6) is 0.714. The van der Waals surface area contributed by atoms with Gasteiger partial charge in [-0.25, -0.2) is 4.98 Å². The predicted octanol–water partition coefficient (Wildman–Crippen LogP) is 3.54. The number of hydrogen-bond acceptors (Lipinski definition) is 4. The van der Waals surface area contributed by atoms with E-state index in [0.29, 0.717) is 18.7 Å². The maximum atomic E-state index is 12.8. The van der Waals surface area contributed by atoms with Crippen molar-refractivity contribution in [3.05, 3.63) is 59.3 Å². The van der Waals surface area contributed by atoms with Gasteiger partial charge in [0.2, 0.25) is 0 Å². The van der Waals surface area contributed by atoms with Crippen molar-refractivity contribution < 1.29 is 9.53 Å². The third kappa shape index (κ3) is 4.61. The van der Waals surface area contributed by atoms with Gasteiger partial charge < -0.3 is 15.0 Å². The van der Waals surface area contributed by atoms with Gasteiger partial charge in [-0.15, -0.1) is 0 Å². The van der Waals surface area contributed by atoms with Crippen molar-refractivity contribution in [3.8, 4) is 0 Å². The zero-order valence-electron chi connectivity index (χ0n) is 15.4. The van der Waals surface area contributed by atoms with Crippen molar-refractivity contribution in [2.75, 3.05) is 24.6 Å². The van der Waals surface area contributed by atoms with Crippen LogP contribution in [0.2, 0.25) is 0 Å². The van der Waals surface area contributed by atoms with Crippen molar-refractivity contribution in [2.24, 2.45) is 0 Å². The van der Waals surface area contributed by atoms with Crippen LogP contribution in [0.1, 0.15) is 47.7 Å². The summed E-state index contributed by atoms with van der Waals surface area (Å²) in [5.41, 5.74) is 2.85. The smallest absolute Gasteiger partial charge is 0.255 e. The Hall–Kier alpha value is -2.40. The fourth-order valence-electron chi connectivity index (χ4n) is 3.22. The molecule has 1 aromatic heterocycles. The Balaban J connectivity index is 1.66. The lowest BCUT2D eigenvalue weighted by atomic mass is 10.1. The number of nitrogens with one attached hydrogen (secondary N) is 1. The van der Waals surface area contributed by atoms with Crippen molar-refractivity contribution >= 4 is 11.7 Å². The molecule has 0 atom stereocenters. The first-order valence-corrected chi connectivity index (χ1v) is 9.42. The van der Waals surface area contributed by atoms with Crippen LogP contribution in [0.15, 0.2) is 42.6 Å². The summed E-state index contributed by atoms with van der Waals surface area (Å²) in [6.07, 6.45) is 5.07. The van der Waals surface area contributed by atoms with Gasteiger partial charge in [-0.3, -0.25) is 4.79 Å². The first kappa shape index (κ1) is 18.4. The molecular formula is C21H27N3O2. The van der Waals surface area contributed by atoms with E-state index in [-0.39, 0.29) is 5.91 Å². The Morgan fingerprint density at radius 1 is 1.15 bits per heavy atom. The van der Waals surface area contributed by atoms with E-state index < -0.39 is 0 Å². The summed E-state index contributed by atoms with van der Waals surface area (Å²) < 4.78 is 5.66. The van der Waals surface area contributed by atoms with Gasteiger partial charge in [0.05, 0.1) is 12.2 Å². The van der Waals surface area contributed by atoms with E-state index in [4.69, 9.17) is 4.74 Å². The number of amides is 1. The fourth-order valence-corrected chi connectivity index (χ4v) is 3.22. The van der Waals surface area contributed by atoms with Crippen LogP contribution in [0, 0.1) is 0 Å². The predicted molar refractivity (Wildman–Crippen MR) is 103 cm³/mol. The molecule has 5 heteroatoms. The SMILES string of the molecule is CCCOCc1ccccc1CNC(=O)c1cccnc1N1CCCC1. The molecule has 1 aliphatic rings. The first-order chi connectivity index (χ1) is 12.8. The van der Waals surface area contributed by atoms with E-state index in [1.54, 1.807) is 6.20 Å². The summed E-state index contributed by atoms with van der Waals surface area (Å²) in [6, 6.07) is 11.8. The molecule has 26 heavy (non-hydrogen) atoms. The van der Waals surface area contributed by atoms with Gasteiger partial charge in [-0.1, -0.05) is 31.2 Å². The maximum Gasteiger partial charge on any atom is 0.255 e. The van der Waals surface area contributed by atoms with Crippen LogP contribution in [0.4, 0.5) is 5.82 Å². The topological polar surface area (TPSA) is 54.5 Å². The number of nitrogens with zero attached hydrogens (tertiary/aromatic N) is 2. The van der Waals surface area contributed by atoms with Gasteiger partial charge in [-0.05, 0) is 42.5 Å². The summed E-state index contributed by atoms with van der Waals surface area (Å²) in [6.45, 7) is 5.84. The molecule has 5 nitrogen and oxygen atoms in total. The fraction of sp³-hybridized carbons (Fsp3) is 0.429. The number of aromatic nitrogens is 1. The molecule has 1 N–H and O–H groups in total. The molecule has 1 aliphatic heterocycles. The molecule has 1 amide bonds. The zero-order valence-corrected chi connectivity index (χ0v) is 15.4. The van der Waals surface area contributed by atoms with Gasteiger partial charge in [0.25, 0.3) is 5.91 Å². The molecule has 2 aromatic rings. The molecule has 0 saturated carbocycles. The highest BCUT2D eigenvalue weighted by Crippen LogP contribution is 2.22. The molecule has 0 bridgehead atoms. The van der Waals surface area contributed by atoms with E-state index in [2.05, 4.69) is 28.2 Å². The number of rotatable bonds is 8. The summed E-state index contributed by atoms with van der Waals surface area (Å²) in [5, 5.41) is 3.05. The van der Waals surface area contributed by atoms with Gasteiger partial charge in [0.15, 0.2) is 0 Å². The maximum absolute atomic E-state index is 12.8. The number of ether oxygens (including phenoxy) is 1. The van der Waals surface area contributed by atoms with Crippen molar-refractivity contribution in [2.45, 2.75) is 39.3 Å². The van der Waals surface area contributed by atoms with E-state index in [0.717, 1.165) is 55.9 Å². The van der Waals surface area contributed by atoms with Gasteiger partial charge in [0, 0.05) is 32.4 Å². The lowest BCUT2D eigenvalue weighted by Gasteiger charge is -2.19. The summed E-state index contributed by atoms with van der Waals surface area (Å²) in [7, 11) is 0. The highest BCUT2D eigenvalue weighted by molar-refractivity contribution is 5.98. The molecule has 1 aromatic carbocycles. The molecular weight excluding hydrogens is 326 g/mol. The number of anilines is 1. The van der Waals surface area contributed by atoms with E-state index >= 15 is 0 Å². The minimum atomic E-state index is -0.0794. The second kappa shape index (κ2) is 9.34. The standard InChI is InChI=1S/C21H27N3O2/c1-2-14-26-16-18-9-4-3-8-17(18)15-23-21(25)19-10-7-11-22-20(19)24-12-5-6-13-24/h3-4,7-11H,2,5-6,12-16H2,1H3,(H,23,25). The third-order valence-electron chi connectivity index (χ3n) is 4.60. The van der Waals surface area contributed by atoms with E-state index in [9.17, 15) is 4.79 Å². The monoisotopic (exact) mass is 353 g/mol. The van der Waals surface area contributed by atoms with Crippen LogP contribution in [0.25, 0.3) is 0 Å². The third-order valence-corrected chi connectivity index (χ3v) is 4.60. The molecule has 0 unspecified atom stereocenters. The highest BCUT2D eigenvalue weighted by atomic mass is 16.5. The quantitative estimate of drug-likeness (QED) is 0.738. The summed E-state index contributed by atoms with van der Waals surface area (Å²) >= 11 is 0. The van der Waals surface area contributed by atoms with Gasteiger partial charge in [0.1, 0.15) is 5.82 Å². The number of pyridine rings is 1. The minimum Gasteiger partial charge on any atom is -0.377 e. The molecule has 1 fully saturated rings. The Labute approximate surface area is 155 Å². The average molecular weight is 353 g/mol. The van der Waals surface area contributed by atoms with Crippen LogP contribution in [-0.2, 0) is 17.9 Å². The first-order valence-electron chi connectivity index (χ1n) is 9.42. The minimum absolute atomic E-state index is 0.0794. The Morgan fingerprint density at radius 2 is 1.92 bits per heavy atom. The Morgan fingerprint density at radius 3 is 2.69 bits per heavy atom. The molecule has 2 heterocycles. The highest BCUT2D eigenvalue weighted by Gasteiger charge is 2.20. The zero-order chi connectivity index (χ0) is 18.2. The van der Waals surface area contributed by atoms with Crippen LogP contribution in [0.3, 0.4) is 0 Å². The number of carbonyl (C=O) groups is 1. The molecule has 3 rings (SSSR count). The average Bonchev–Trinajstić information content (AvgIpc) is 3.22. The Bertz CT molecular complexity index is 727. The Kier molecular flexibility index (Phi) is 6.61. The van der Waals surface area contributed by atoms with Crippen molar-refractivity contribution in [3.63, 3.8) is 0 Å². The van der Waals surface area contributed by atoms with Gasteiger partial charge in [-0.2, -0.15) is 0 Å². The lowest BCUT2D eigenvalue weighted by molar-refractivity contribution is 0.0949. The lowest BCUT2D eigenvalue weighted by Crippen LogP contribution is -2.28. The summed E-state index contributed by atoms with van der Waals surface area (Å²) in [4.78, 5) is 19.4. The second-order valence-electron chi connectivity index (χ2n) is 6.57. The van der Waals surface area contributed by atoms with Crippen molar-refractivity contribution in [1.29, 1.82) is 0 Å². The van der Waals surface area contributed by atoms with Gasteiger partial charge >= 0.3 is 0 Å². The molecule has 0 aliphatic carbocycles. The normalized spacial score (nSPS) is 13.8.